The third-order valence-electron chi connectivity index (χ3n) is 5.82. The highest BCUT2D eigenvalue weighted by Gasteiger charge is 2.36. The monoisotopic (exact) mass is 324 g/mol. The van der Waals surface area contributed by atoms with Crippen molar-refractivity contribution in [2.75, 3.05) is 7.11 Å². The number of carbonyl (C=O) groups is 1. The third-order valence-corrected chi connectivity index (χ3v) is 5.82. The van der Waals surface area contributed by atoms with E-state index < -0.39 is 0 Å². The van der Waals surface area contributed by atoms with Crippen molar-refractivity contribution in [3.05, 3.63) is 58.7 Å². The average molecular weight is 324 g/mol. The molecule has 3 unspecified atom stereocenters. The second-order valence-corrected chi connectivity index (χ2v) is 7.33. The lowest BCUT2D eigenvalue weighted by Gasteiger charge is -2.37. The van der Waals surface area contributed by atoms with Gasteiger partial charge in [-0.15, -0.1) is 0 Å². The third kappa shape index (κ3) is 3.48. The molecule has 3 rings (SSSR count). The Morgan fingerprint density at radius 1 is 1.08 bits per heavy atom. The van der Waals surface area contributed by atoms with Crippen molar-refractivity contribution in [2.24, 2.45) is 11.8 Å². The molecule has 24 heavy (non-hydrogen) atoms. The predicted molar refractivity (Wildman–Crippen MR) is 97.8 cm³/mol. The van der Waals surface area contributed by atoms with Gasteiger partial charge in [-0.1, -0.05) is 47.6 Å². The minimum atomic E-state index is -0.0390. The average Bonchev–Trinajstić information content (AvgIpc) is 2.61. The maximum absolute atomic E-state index is 12.3. The summed E-state index contributed by atoms with van der Waals surface area (Å²) < 4.78 is 5.10. The lowest BCUT2D eigenvalue weighted by Crippen LogP contribution is -2.29. The molecule has 1 aromatic carbocycles. The topological polar surface area (TPSA) is 26.3 Å². The van der Waals surface area contributed by atoms with Crippen molar-refractivity contribution < 1.29 is 9.53 Å². The zero-order chi connectivity index (χ0) is 17.1. The molecule has 2 nitrogen and oxygen atoms in total. The van der Waals surface area contributed by atoms with Crippen LogP contribution in [0, 0.1) is 18.8 Å². The van der Waals surface area contributed by atoms with E-state index in [4.69, 9.17) is 4.74 Å². The highest BCUT2D eigenvalue weighted by molar-refractivity contribution is 5.72. The molecule has 0 radical (unpaired) electrons. The molecule has 0 aliphatic heterocycles. The fourth-order valence-electron chi connectivity index (χ4n) is 4.59. The van der Waals surface area contributed by atoms with Gasteiger partial charge < -0.3 is 4.74 Å². The molecular weight excluding hydrogens is 296 g/mol. The summed E-state index contributed by atoms with van der Waals surface area (Å²) in [6.07, 6.45) is 9.79. The largest absolute Gasteiger partial charge is 0.469 e. The van der Waals surface area contributed by atoms with E-state index in [0.29, 0.717) is 11.8 Å². The number of hydrogen-bond donors (Lipinski definition) is 0. The quantitative estimate of drug-likeness (QED) is 0.702. The molecule has 3 atom stereocenters. The van der Waals surface area contributed by atoms with Crippen molar-refractivity contribution in [1.82, 2.24) is 0 Å². The number of methoxy groups -OCH3 is 1. The van der Waals surface area contributed by atoms with Gasteiger partial charge in [0.15, 0.2) is 0 Å². The summed E-state index contributed by atoms with van der Waals surface area (Å²) in [5.41, 5.74) is 5.70. The first-order valence-electron chi connectivity index (χ1n) is 9.09. The second kappa shape index (κ2) is 7.38. The van der Waals surface area contributed by atoms with Crippen molar-refractivity contribution in [2.45, 2.75) is 51.9 Å². The zero-order valence-electron chi connectivity index (χ0n) is 15.0. The normalized spacial score (nSPS) is 27.2. The number of ether oxygens (including phenoxy) is 1. The van der Waals surface area contributed by atoms with E-state index in [9.17, 15) is 4.79 Å². The molecule has 0 saturated heterocycles. The number of aryl methyl sites for hydroxylation is 1. The molecule has 1 fully saturated rings. The summed E-state index contributed by atoms with van der Waals surface area (Å²) in [4.78, 5) is 12.3. The Kier molecular flexibility index (Phi) is 5.23. The molecule has 2 aliphatic rings. The van der Waals surface area contributed by atoms with Crippen LogP contribution in [0.3, 0.4) is 0 Å². The van der Waals surface area contributed by atoms with Crippen LogP contribution < -0.4 is 0 Å². The Balaban J connectivity index is 1.91. The smallest absolute Gasteiger partial charge is 0.308 e. The number of hydrogen-bond acceptors (Lipinski definition) is 2. The first kappa shape index (κ1) is 17.0. The zero-order valence-corrected chi connectivity index (χ0v) is 15.0. The van der Waals surface area contributed by atoms with Gasteiger partial charge in [0, 0.05) is 0 Å². The van der Waals surface area contributed by atoms with Gasteiger partial charge >= 0.3 is 5.97 Å². The predicted octanol–water partition coefficient (Wildman–Crippen LogP) is 5.33. The number of allylic oxidation sites excluding steroid dienone is 4. The lowest BCUT2D eigenvalue weighted by atomic mass is 9.68. The van der Waals surface area contributed by atoms with Gasteiger partial charge in [0.05, 0.1) is 13.0 Å². The fraction of sp³-hybridized carbons (Fsp3) is 0.500. The molecule has 0 N–H and O–H groups in total. The van der Waals surface area contributed by atoms with Crippen LogP contribution in [0.2, 0.25) is 0 Å². The van der Waals surface area contributed by atoms with Crippen molar-refractivity contribution in [3.8, 4) is 0 Å². The molecule has 0 heterocycles. The van der Waals surface area contributed by atoms with Gasteiger partial charge in [-0.2, -0.15) is 0 Å². The fourth-order valence-corrected chi connectivity index (χ4v) is 4.59. The van der Waals surface area contributed by atoms with E-state index in [1.54, 1.807) is 5.57 Å². The Labute approximate surface area is 145 Å². The lowest BCUT2D eigenvalue weighted by molar-refractivity contribution is -0.147. The van der Waals surface area contributed by atoms with Crippen LogP contribution in [0.1, 0.15) is 56.1 Å². The standard InChI is InChI=1S/C22H28O2/c1-15-8-4-6-10-20(15)17-12-18(14-19(13-17)22(23)24-3)21-11-7-5-9-16(21)2/h4-6,8-10,17-19H,7,11-14H2,1-3H3. The second-order valence-electron chi connectivity index (χ2n) is 7.33. The summed E-state index contributed by atoms with van der Waals surface area (Å²) >= 11 is 0. The number of benzene rings is 1. The molecular formula is C22H28O2. The maximum Gasteiger partial charge on any atom is 0.308 e. The van der Waals surface area contributed by atoms with Crippen LogP contribution in [-0.2, 0) is 9.53 Å². The van der Waals surface area contributed by atoms with Crippen LogP contribution in [0.25, 0.3) is 0 Å². The minimum absolute atomic E-state index is 0.0181. The van der Waals surface area contributed by atoms with Crippen LogP contribution in [-0.4, -0.2) is 13.1 Å². The SMILES string of the molecule is COC(=O)C1CC(C2=C(C)C=CCC2)CC(c2ccccc2C)C1. The number of rotatable bonds is 3. The Morgan fingerprint density at radius 2 is 1.83 bits per heavy atom. The summed E-state index contributed by atoms with van der Waals surface area (Å²) in [6, 6.07) is 8.63. The molecule has 0 amide bonds. The van der Waals surface area contributed by atoms with Gasteiger partial charge in [0.1, 0.15) is 0 Å². The summed E-state index contributed by atoms with van der Waals surface area (Å²) in [7, 11) is 1.52. The summed E-state index contributed by atoms with van der Waals surface area (Å²) in [6.45, 7) is 4.40. The van der Waals surface area contributed by atoms with E-state index >= 15 is 0 Å². The van der Waals surface area contributed by atoms with Gasteiger partial charge in [-0.3, -0.25) is 4.79 Å². The Morgan fingerprint density at radius 3 is 2.54 bits per heavy atom. The van der Waals surface area contributed by atoms with E-state index in [-0.39, 0.29) is 11.9 Å². The molecule has 0 spiro atoms. The summed E-state index contributed by atoms with van der Waals surface area (Å²) in [5, 5.41) is 0. The van der Waals surface area contributed by atoms with E-state index in [2.05, 4.69) is 50.3 Å². The first-order chi connectivity index (χ1) is 11.6. The van der Waals surface area contributed by atoms with Crippen LogP contribution in [0.4, 0.5) is 0 Å². The van der Waals surface area contributed by atoms with Gasteiger partial charge in [0.2, 0.25) is 0 Å². The van der Waals surface area contributed by atoms with Crippen LogP contribution in [0.5, 0.6) is 0 Å². The molecule has 0 aromatic heterocycles. The van der Waals surface area contributed by atoms with Gasteiger partial charge in [0.25, 0.3) is 0 Å². The molecule has 1 saturated carbocycles. The molecule has 0 bridgehead atoms. The molecule has 2 heteroatoms. The highest BCUT2D eigenvalue weighted by Crippen LogP contribution is 2.45. The highest BCUT2D eigenvalue weighted by atomic mass is 16.5. The Hall–Kier alpha value is -1.83. The van der Waals surface area contributed by atoms with Crippen molar-refractivity contribution in [3.63, 3.8) is 0 Å². The van der Waals surface area contributed by atoms with E-state index in [0.717, 1.165) is 32.1 Å². The summed E-state index contributed by atoms with van der Waals surface area (Å²) in [5.74, 6) is 0.921. The minimum Gasteiger partial charge on any atom is -0.469 e. The van der Waals surface area contributed by atoms with Gasteiger partial charge in [-0.25, -0.2) is 0 Å². The molecule has 1 aromatic rings. The van der Waals surface area contributed by atoms with E-state index in [1.807, 2.05) is 0 Å². The molecule has 2 aliphatic carbocycles. The number of esters is 1. The number of carbonyl (C=O) groups excluding carboxylic acids is 1. The van der Waals surface area contributed by atoms with Gasteiger partial charge in [-0.05, 0) is 68.9 Å². The van der Waals surface area contributed by atoms with Crippen LogP contribution >= 0.6 is 0 Å². The molecule has 128 valence electrons. The maximum atomic E-state index is 12.3. The Bertz CT molecular complexity index is 668. The van der Waals surface area contributed by atoms with Crippen LogP contribution in [0.15, 0.2) is 47.6 Å². The first-order valence-corrected chi connectivity index (χ1v) is 9.09. The van der Waals surface area contributed by atoms with E-state index in [1.165, 1.54) is 23.8 Å². The van der Waals surface area contributed by atoms with Crippen molar-refractivity contribution in [1.29, 1.82) is 0 Å². The van der Waals surface area contributed by atoms with Crippen molar-refractivity contribution >= 4 is 5.97 Å².